The van der Waals surface area contributed by atoms with Gasteiger partial charge < -0.3 is 10.2 Å². The maximum atomic E-state index is 12.1. The number of nitrogens with one attached hydrogen (secondary N) is 1. The van der Waals surface area contributed by atoms with Gasteiger partial charge in [-0.2, -0.15) is 0 Å². The molecule has 0 unspecified atom stereocenters. The van der Waals surface area contributed by atoms with Crippen LogP contribution < -0.4 is 10.2 Å². The molecule has 0 aliphatic heterocycles. The lowest BCUT2D eigenvalue weighted by Crippen LogP contribution is -2.33. The van der Waals surface area contributed by atoms with Gasteiger partial charge in [-0.25, -0.2) is 4.98 Å². The van der Waals surface area contributed by atoms with Crippen molar-refractivity contribution >= 4 is 11.7 Å². The summed E-state index contributed by atoms with van der Waals surface area (Å²) in [5, 5.41) is 3.08. The van der Waals surface area contributed by atoms with Gasteiger partial charge in [-0.3, -0.25) is 4.79 Å². The van der Waals surface area contributed by atoms with E-state index in [0.717, 1.165) is 18.7 Å². The van der Waals surface area contributed by atoms with Crippen molar-refractivity contribution < 1.29 is 4.79 Å². The Hall–Kier alpha value is -1.58. The second-order valence-electron chi connectivity index (χ2n) is 4.72. The SMILES string of the molecule is CN(C)c1ncccc1C(=O)NC1CCCC1. The largest absolute Gasteiger partial charge is 0.362 e. The number of pyridine rings is 1. The van der Waals surface area contributed by atoms with Gasteiger partial charge in [0.25, 0.3) is 5.91 Å². The minimum Gasteiger partial charge on any atom is -0.362 e. The molecule has 1 aliphatic rings. The molecule has 0 radical (unpaired) electrons. The molecule has 2 rings (SSSR count). The normalized spacial score (nSPS) is 15.9. The van der Waals surface area contributed by atoms with Crippen molar-refractivity contribution in [3.05, 3.63) is 23.9 Å². The summed E-state index contributed by atoms with van der Waals surface area (Å²) < 4.78 is 0. The van der Waals surface area contributed by atoms with Crippen LogP contribution in [-0.4, -0.2) is 31.0 Å². The van der Waals surface area contributed by atoms with E-state index in [2.05, 4.69) is 10.3 Å². The number of anilines is 1. The van der Waals surface area contributed by atoms with E-state index in [1.807, 2.05) is 25.1 Å². The molecule has 4 heteroatoms. The molecular weight excluding hydrogens is 214 g/mol. The summed E-state index contributed by atoms with van der Waals surface area (Å²) in [6.45, 7) is 0. The fourth-order valence-electron chi connectivity index (χ4n) is 2.26. The summed E-state index contributed by atoms with van der Waals surface area (Å²) in [5.41, 5.74) is 0.657. The number of amides is 1. The molecule has 1 amide bonds. The van der Waals surface area contributed by atoms with Crippen LogP contribution in [0.1, 0.15) is 36.0 Å². The van der Waals surface area contributed by atoms with Gasteiger partial charge in [-0.15, -0.1) is 0 Å². The summed E-state index contributed by atoms with van der Waals surface area (Å²) in [6.07, 6.45) is 6.35. The third kappa shape index (κ3) is 2.75. The van der Waals surface area contributed by atoms with E-state index in [9.17, 15) is 4.79 Å². The minimum absolute atomic E-state index is 0.00583. The van der Waals surface area contributed by atoms with Gasteiger partial charge >= 0.3 is 0 Å². The second kappa shape index (κ2) is 5.17. The van der Waals surface area contributed by atoms with Crippen LogP contribution in [0.3, 0.4) is 0 Å². The molecule has 17 heavy (non-hydrogen) atoms. The van der Waals surface area contributed by atoms with Crippen LogP contribution in [0.15, 0.2) is 18.3 Å². The minimum atomic E-state index is -0.00583. The van der Waals surface area contributed by atoms with E-state index in [1.54, 1.807) is 12.3 Å². The van der Waals surface area contributed by atoms with Crippen molar-refractivity contribution in [1.29, 1.82) is 0 Å². The number of aromatic nitrogens is 1. The summed E-state index contributed by atoms with van der Waals surface area (Å²) >= 11 is 0. The van der Waals surface area contributed by atoms with Gasteiger partial charge in [0.2, 0.25) is 0 Å². The number of carbonyl (C=O) groups is 1. The van der Waals surface area contributed by atoms with Crippen LogP contribution in [-0.2, 0) is 0 Å². The third-order valence-corrected chi connectivity index (χ3v) is 3.15. The van der Waals surface area contributed by atoms with Gasteiger partial charge in [0.15, 0.2) is 0 Å². The first-order valence-corrected chi connectivity index (χ1v) is 6.11. The fraction of sp³-hybridized carbons (Fsp3) is 0.538. The second-order valence-corrected chi connectivity index (χ2v) is 4.72. The zero-order valence-electron chi connectivity index (χ0n) is 10.4. The Morgan fingerprint density at radius 3 is 2.76 bits per heavy atom. The number of rotatable bonds is 3. The topological polar surface area (TPSA) is 45.2 Å². The van der Waals surface area contributed by atoms with Gasteiger partial charge in [-0.1, -0.05) is 12.8 Å². The molecule has 1 fully saturated rings. The highest BCUT2D eigenvalue weighted by atomic mass is 16.1. The van der Waals surface area contributed by atoms with Gasteiger partial charge in [0.1, 0.15) is 5.82 Å². The molecule has 0 saturated heterocycles. The first kappa shape index (κ1) is 11.9. The molecule has 0 spiro atoms. The number of carbonyl (C=O) groups excluding carboxylic acids is 1. The molecule has 92 valence electrons. The van der Waals surface area contributed by atoms with Crippen LogP contribution in [0.4, 0.5) is 5.82 Å². The Kier molecular flexibility index (Phi) is 3.61. The quantitative estimate of drug-likeness (QED) is 0.866. The monoisotopic (exact) mass is 233 g/mol. The molecule has 1 aromatic rings. The molecule has 0 atom stereocenters. The number of nitrogens with zero attached hydrogens (tertiary/aromatic N) is 2. The molecule has 1 heterocycles. The first-order chi connectivity index (χ1) is 8.18. The van der Waals surface area contributed by atoms with Crippen molar-refractivity contribution in [1.82, 2.24) is 10.3 Å². The molecule has 1 aromatic heterocycles. The fourth-order valence-corrected chi connectivity index (χ4v) is 2.26. The lowest BCUT2D eigenvalue weighted by Gasteiger charge is -2.17. The van der Waals surface area contributed by atoms with Crippen LogP contribution in [0.25, 0.3) is 0 Å². The van der Waals surface area contributed by atoms with Crippen LogP contribution in [0.5, 0.6) is 0 Å². The van der Waals surface area contributed by atoms with Crippen molar-refractivity contribution in [3.8, 4) is 0 Å². The third-order valence-electron chi connectivity index (χ3n) is 3.15. The van der Waals surface area contributed by atoms with Crippen LogP contribution in [0, 0.1) is 0 Å². The van der Waals surface area contributed by atoms with Gasteiger partial charge in [0, 0.05) is 26.3 Å². The number of hydrogen-bond donors (Lipinski definition) is 1. The summed E-state index contributed by atoms with van der Waals surface area (Å²) in [7, 11) is 3.80. The molecule has 0 bridgehead atoms. The number of hydrogen-bond acceptors (Lipinski definition) is 3. The summed E-state index contributed by atoms with van der Waals surface area (Å²) in [4.78, 5) is 18.3. The maximum absolute atomic E-state index is 12.1. The zero-order chi connectivity index (χ0) is 12.3. The van der Waals surface area contributed by atoms with Crippen molar-refractivity contribution in [3.63, 3.8) is 0 Å². The average molecular weight is 233 g/mol. The van der Waals surface area contributed by atoms with Crippen LogP contribution >= 0.6 is 0 Å². The van der Waals surface area contributed by atoms with E-state index in [4.69, 9.17) is 0 Å². The summed E-state index contributed by atoms with van der Waals surface area (Å²) in [5.74, 6) is 0.719. The highest BCUT2D eigenvalue weighted by molar-refractivity contribution is 5.99. The lowest BCUT2D eigenvalue weighted by molar-refractivity contribution is 0.0938. The Labute approximate surface area is 102 Å². The zero-order valence-corrected chi connectivity index (χ0v) is 10.4. The van der Waals surface area contributed by atoms with Crippen LogP contribution in [0.2, 0.25) is 0 Å². The predicted molar refractivity (Wildman–Crippen MR) is 68.3 cm³/mol. The van der Waals surface area contributed by atoms with E-state index in [0.29, 0.717) is 11.6 Å². The van der Waals surface area contributed by atoms with E-state index < -0.39 is 0 Å². The summed E-state index contributed by atoms with van der Waals surface area (Å²) in [6, 6.07) is 3.97. The van der Waals surface area contributed by atoms with Crippen molar-refractivity contribution in [2.45, 2.75) is 31.7 Å². The average Bonchev–Trinajstić information content (AvgIpc) is 2.81. The molecule has 1 saturated carbocycles. The van der Waals surface area contributed by atoms with Gasteiger partial charge in [0.05, 0.1) is 5.56 Å². The molecule has 1 aliphatic carbocycles. The Morgan fingerprint density at radius 2 is 2.12 bits per heavy atom. The Balaban J connectivity index is 2.12. The van der Waals surface area contributed by atoms with E-state index in [-0.39, 0.29) is 5.91 Å². The first-order valence-electron chi connectivity index (χ1n) is 6.11. The van der Waals surface area contributed by atoms with E-state index >= 15 is 0 Å². The van der Waals surface area contributed by atoms with Crippen molar-refractivity contribution in [2.75, 3.05) is 19.0 Å². The Morgan fingerprint density at radius 1 is 1.41 bits per heavy atom. The maximum Gasteiger partial charge on any atom is 0.255 e. The van der Waals surface area contributed by atoms with Crippen molar-refractivity contribution in [2.24, 2.45) is 0 Å². The highest BCUT2D eigenvalue weighted by Gasteiger charge is 2.20. The smallest absolute Gasteiger partial charge is 0.255 e. The lowest BCUT2D eigenvalue weighted by atomic mass is 10.2. The molecule has 0 aromatic carbocycles. The molecule has 1 N–H and O–H groups in total. The van der Waals surface area contributed by atoms with Gasteiger partial charge in [-0.05, 0) is 25.0 Å². The highest BCUT2D eigenvalue weighted by Crippen LogP contribution is 2.20. The molecular formula is C13H19N3O. The predicted octanol–water partition coefficient (Wildman–Crippen LogP) is 1.82. The van der Waals surface area contributed by atoms with E-state index in [1.165, 1.54) is 12.8 Å². The Bertz CT molecular complexity index is 397. The molecule has 4 nitrogen and oxygen atoms in total. The standard InChI is InChI=1S/C13H19N3O/c1-16(2)12-11(8-5-9-14-12)13(17)15-10-6-3-4-7-10/h5,8-10H,3-4,6-7H2,1-2H3,(H,15,17).